The highest BCUT2D eigenvalue weighted by atomic mass is 16.4. The van der Waals surface area contributed by atoms with Gasteiger partial charge in [-0.25, -0.2) is 9.78 Å². The summed E-state index contributed by atoms with van der Waals surface area (Å²) in [6.45, 7) is 6.27. The lowest BCUT2D eigenvalue weighted by atomic mass is 10.0. The topological polar surface area (TPSA) is 55.1 Å². The highest BCUT2D eigenvalue weighted by Gasteiger charge is 2.15. The average molecular weight is 334 g/mol. The molecule has 1 aromatic heterocycles. The molecule has 1 heterocycles. The fraction of sp³-hybridized carbons (Fsp3) is 0.238. The number of aromatic nitrogens is 2. The zero-order chi connectivity index (χ0) is 18.0. The predicted octanol–water partition coefficient (Wildman–Crippen LogP) is 4.74. The smallest absolute Gasteiger partial charge is 0.356 e. The summed E-state index contributed by atoms with van der Waals surface area (Å²) in [4.78, 5) is 15.6. The van der Waals surface area contributed by atoms with Crippen LogP contribution in [-0.4, -0.2) is 20.6 Å². The van der Waals surface area contributed by atoms with Crippen molar-refractivity contribution in [3.05, 3.63) is 71.8 Å². The van der Waals surface area contributed by atoms with Crippen LogP contribution >= 0.6 is 0 Å². The van der Waals surface area contributed by atoms with Gasteiger partial charge >= 0.3 is 5.97 Å². The van der Waals surface area contributed by atoms with Gasteiger partial charge in [0.05, 0.1) is 0 Å². The van der Waals surface area contributed by atoms with Crippen molar-refractivity contribution >= 4 is 5.97 Å². The third-order valence-corrected chi connectivity index (χ3v) is 4.09. The van der Waals surface area contributed by atoms with Gasteiger partial charge in [0.2, 0.25) is 0 Å². The Labute approximate surface area is 147 Å². The molecule has 4 heteroatoms. The molecule has 0 unspecified atom stereocenters. The van der Waals surface area contributed by atoms with Crippen molar-refractivity contribution in [3.8, 4) is 16.8 Å². The van der Waals surface area contributed by atoms with Crippen LogP contribution in [0.25, 0.3) is 16.8 Å². The molecule has 4 nitrogen and oxygen atoms in total. The summed E-state index contributed by atoms with van der Waals surface area (Å²) >= 11 is 0. The summed E-state index contributed by atoms with van der Waals surface area (Å²) in [6, 6.07) is 16.5. The molecule has 2 aromatic carbocycles. The average Bonchev–Trinajstić information content (AvgIpc) is 2.98. The largest absolute Gasteiger partial charge is 0.476 e. The lowest BCUT2D eigenvalue weighted by molar-refractivity contribution is 0.0691. The van der Waals surface area contributed by atoms with Crippen LogP contribution in [0.2, 0.25) is 0 Å². The Morgan fingerprint density at radius 1 is 1.12 bits per heavy atom. The van der Waals surface area contributed by atoms with Crippen molar-refractivity contribution < 1.29 is 9.90 Å². The maximum absolute atomic E-state index is 11.3. The molecule has 3 aromatic rings. The number of rotatable bonds is 5. The minimum atomic E-state index is -1.000. The van der Waals surface area contributed by atoms with Crippen molar-refractivity contribution in [2.75, 3.05) is 0 Å². The minimum Gasteiger partial charge on any atom is -0.476 e. The second kappa shape index (κ2) is 6.93. The highest BCUT2D eigenvalue weighted by Crippen LogP contribution is 2.23. The van der Waals surface area contributed by atoms with E-state index in [9.17, 15) is 9.90 Å². The lowest BCUT2D eigenvalue weighted by Gasteiger charge is -2.10. The SMILES string of the molecule is Cc1cccc(-c2ccc(-n3cc(C(=O)O)nc3CC(C)C)cc2)c1. The first-order chi connectivity index (χ1) is 11.9. The van der Waals surface area contributed by atoms with E-state index in [0.717, 1.165) is 23.5 Å². The summed E-state index contributed by atoms with van der Waals surface area (Å²) in [5.74, 6) is 0.171. The van der Waals surface area contributed by atoms with Crippen LogP contribution in [-0.2, 0) is 6.42 Å². The van der Waals surface area contributed by atoms with E-state index in [2.05, 4.69) is 56.1 Å². The third kappa shape index (κ3) is 3.79. The molecule has 0 radical (unpaired) electrons. The van der Waals surface area contributed by atoms with Crippen molar-refractivity contribution in [1.82, 2.24) is 9.55 Å². The fourth-order valence-electron chi connectivity index (χ4n) is 2.89. The van der Waals surface area contributed by atoms with Gasteiger partial charge in [-0.15, -0.1) is 0 Å². The van der Waals surface area contributed by atoms with Crippen LogP contribution < -0.4 is 0 Å². The molecule has 0 amide bonds. The van der Waals surface area contributed by atoms with Gasteiger partial charge in [0, 0.05) is 18.3 Å². The van der Waals surface area contributed by atoms with Crippen LogP contribution in [0.3, 0.4) is 0 Å². The molecule has 0 aliphatic rings. The number of carboxylic acid groups (broad SMARTS) is 1. The van der Waals surface area contributed by atoms with Crippen LogP contribution in [0.15, 0.2) is 54.7 Å². The summed E-state index contributed by atoms with van der Waals surface area (Å²) in [7, 11) is 0. The minimum absolute atomic E-state index is 0.0819. The summed E-state index contributed by atoms with van der Waals surface area (Å²) < 4.78 is 1.88. The molecule has 25 heavy (non-hydrogen) atoms. The first-order valence-electron chi connectivity index (χ1n) is 8.43. The molecule has 0 aliphatic heterocycles. The first-order valence-corrected chi connectivity index (χ1v) is 8.43. The molecule has 3 rings (SSSR count). The van der Waals surface area contributed by atoms with E-state index in [1.54, 1.807) is 6.20 Å². The van der Waals surface area contributed by atoms with Gasteiger partial charge in [0.25, 0.3) is 0 Å². The van der Waals surface area contributed by atoms with Crippen LogP contribution in [0.4, 0.5) is 0 Å². The van der Waals surface area contributed by atoms with E-state index in [1.807, 2.05) is 22.8 Å². The molecule has 0 saturated carbocycles. The second-order valence-corrected chi connectivity index (χ2v) is 6.73. The van der Waals surface area contributed by atoms with Gasteiger partial charge in [-0.05, 0) is 36.1 Å². The number of hydrogen-bond donors (Lipinski definition) is 1. The maximum Gasteiger partial charge on any atom is 0.356 e. The van der Waals surface area contributed by atoms with Gasteiger partial charge in [0.1, 0.15) is 5.82 Å². The first kappa shape index (κ1) is 17.0. The Bertz CT molecular complexity index is 893. The summed E-state index contributed by atoms with van der Waals surface area (Å²) in [5, 5.41) is 9.25. The van der Waals surface area contributed by atoms with Gasteiger partial charge < -0.3 is 9.67 Å². The molecule has 128 valence electrons. The molecule has 0 fully saturated rings. The number of aryl methyl sites for hydroxylation is 1. The van der Waals surface area contributed by atoms with E-state index < -0.39 is 5.97 Å². The normalized spacial score (nSPS) is 11.0. The Morgan fingerprint density at radius 3 is 2.44 bits per heavy atom. The van der Waals surface area contributed by atoms with Gasteiger partial charge in [-0.3, -0.25) is 0 Å². The molecule has 0 bridgehead atoms. The monoisotopic (exact) mass is 334 g/mol. The van der Waals surface area contributed by atoms with Crippen LogP contribution in [0.5, 0.6) is 0 Å². The summed E-state index contributed by atoms with van der Waals surface area (Å²) in [6.07, 6.45) is 2.33. The Morgan fingerprint density at radius 2 is 1.84 bits per heavy atom. The van der Waals surface area contributed by atoms with E-state index in [0.29, 0.717) is 5.92 Å². The molecule has 0 aliphatic carbocycles. The lowest BCUT2D eigenvalue weighted by Crippen LogP contribution is -2.04. The number of hydrogen-bond acceptors (Lipinski definition) is 2. The molecule has 0 atom stereocenters. The van der Waals surface area contributed by atoms with Crippen molar-refractivity contribution in [3.63, 3.8) is 0 Å². The maximum atomic E-state index is 11.3. The van der Waals surface area contributed by atoms with E-state index in [4.69, 9.17) is 0 Å². The third-order valence-electron chi connectivity index (χ3n) is 4.09. The number of aromatic carboxylic acids is 1. The highest BCUT2D eigenvalue weighted by molar-refractivity contribution is 5.85. The van der Waals surface area contributed by atoms with E-state index in [-0.39, 0.29) is 5.69 Å². The molecular weight excluding hydrogens is 312 g/mol. The Hall–Kier alpha value is -2.88. The second-order valence-electron chi connectivity index (χ2n) is 6.73. The predicted molar refractivity (Wildman–Crippen MR) is 99.2 cm³/mol. The van der Waals surface area contributed by atoms with Crippen molar-refractivity contribution in [1.29, 1.82) is 0 Å². The zero-order valence-corrected chi connectivity index (χ0v) is 14.7. The van der Waals surface area contributed by atoms with Gasteiger partial charge in [0.15, 0.2) is 5.69 Å². The Kier molecular flexibility index (Phi) is 4.70. The number of imidazole rings is 1. The quantitative estimate of drug-likeness (QED) is 0.733. The molecule has 0 spiro atoms. The van der Waals surface area contributed by atoms with Crippen molar-refractivity contribution in [2.24, 2.45) is 5.92 Å². The summed E-state index contributed by atoms with van der Waals surface area (Å²) in [5.41, 5.74) is 4.54. The number of nitrogens with zero attached hydrogens (tertiary/aromatic N) is 2. The van der Waals surface area contributed by atoms with Crippen LogP contribution in [0.1, 0.15) is 35.7 Å². The van der Waals surface area contributed by atoms with Crippen LogP contribution in [0, 0.1) is 12.8 Å². The van der Waals surface area contributed by atoms with Crippen molar-refractivity contribution in [2.45, 2.75) is 27.2 Å². The Balaban J connectivity index is 1.98. The van der Waals surface area contributed by atoms with E-state index in [1.165, 1.54) is 11.1 Å². The zero-order valence-electron chi connectivity index (χ0n) is 14.7. The fourth-order valence-corrected chi connectivity index (χ4v) is 2.89. The molecule has 1 N–H and O–H groups in total. The van der Waals surface area contributed by atoms with E-state index >= 15 is 0 Å². The van der Waals surface area contributed by atoms with Gasteiger partial charge in [-0.1, -0.05) is 55.8 Å². The standard InChI is InChI=1S/C21H22N2O2/c1-14(2)11-20-22-19(21(24)25)13-23(20)18-9-7-16(8-10-18)17-6-4-5-15(3)12-17/h4-10,12-14H,11H2,1-3H3,(H,24,25). The molecular formula is C21H22N2O2. The number of carboxylic acids is 1. The number of carbonyl (C=O) groups is 1. The number of benzene rings is 2. The molecule has 0 saturated heterocycles. The van der Waals surface area contributed by atoms with Gasteiger partial charge in [-0.2, -0.15) is 0 Å².